The molecule has 1 amide bonds. The Morgan fingerprint density at radius 3 is 2.62 bits per heavy atom. The fraction of sp³-hybridized carbons (Fsp3) is 0. The summed E-state index contributed by atoms with van der Waals surface area (Å²) in [7, 11) is 0. The molecule has 0 unspecified atom stereocenters. The minimum absolute atomic E-state index is 0.232. The summed E-state index contributed by atoms with van der Waals surface area (Å²) in [4.78, 5) is 11.9. The Hall–Kier alpha value is -1.47. The summed E-state index contributed by atoms with van der Waals surface area (Å²) in [5.74, 6) is -0.232. The van der Waals surface area contributed by atoms with Crippen molar-refractivity contribution in [2.24, 2.45) is 5.10 Å². The first-order chi connectivity index (χ1) is 10.1. The van der Waals surface area contributed by atoms with Gasteiger partial charge in [0, 0.05) is 13.6 Å². The van der Waals surface area contributed by atoms with Gasteiger partial charge in [0.05, 0.1) is 6.21 Å². The minimum atomic E-state index is -0.232. The highest BCUT2D eigenvalue weighted by Gasteiger charge is 2.03. The van der Waals surface area contributed by atoms with Crippen molar-refractivity contribution in [1.29, 1.82) is 0 Å². The van der Waals surface area contributed by atoms with E-state index >= 15 is 0 Å². The first kappa shape index (κ1) is 15.9. The molecule has 0 saturated heterocycles. The van der Waals surface area contributed by atoms with Gasteiger partial charge in [-0.25, -0.2) is 5.43 Å². The highest BCUT2D eigenvalue weighted by atomic mass is 127. The van der Waals surface area contributed by atoms with Crippen LogP contribution in [-0.2, 0) is 0 Å². The van der Waals surface area contributed by atoms with Gasteiger partial charge in [-0.2, -0.15) is 5.10 Å². The molecule has 5 heteroatoms. The first-order valence-corrected chi connectivity index (χ1v) is 8.03. The van der Waals surface area contributed by atoms with Crippen LogP contribution in [-0.4, -0.2) is 12.1 Å². The molecule has 2 aromatic rings. The van der Waals surface area contributed by atoms with Crippen molar-refractivity contribution in [2.75, 3.05) is 0 Å². The fourth-order valence-electron chi connectivity index (χ4n) is 1.59. The number of hydrogen-bond acceptors (Lipinski definition) is 2. The van der Waals surface area contributed by atoms with E-state index in [9.17, 15) is 4.79 Å². The van der Waals surface area contributed by atoms with E-state index in [0.29, 0.717) is 5.56 Å². The average Bonchev–Trinajstić information content (AvgIpc) is 2.48. The third kappa shape index (κ3) is 5.43. The first-order valence-electron chi connectivity index (χ1n) is 6.16. The standard InChI is InChI=1S/C16H12BrIN2O/c17-14(9-12-5-2-1-3-6-12)11-19-20-16(21)13-7-4-8-15(18)10-13/h1-11H,(H,20,21). The zero-order chi connectivity index (χ0) is 15.1. The van der Waals surface area contributed by atoms with Gasteiger partial charge in [0.25, 0.3) is 5.91 Å². The van der Waals surface area contributed by atoms with Crippen LogP contribution < -0.4 is 5.43 Å². The van der Waals surface area contributed by atoms with Crippen molar-refractivity contribution in [3.05, 3.63) is 73.8 Å². The number of amides is 1. The van der Waals surface area contributed by atoms with Gasteiger partial charge in [-0.15, -0.1) is 0 Å². The summed E-state index contributed by atoms with van der Waals surface area (Å²) in [6.07, 6.45) is 3.47. The SMILES string of the molecule is O=C(NN=CC(Br)=Cc1ccccc1)c1cccc(I)c1. The van der Waals surface area contributed by atoms with Crippen molar-refractivity contribution >= 4 is 56.7 Å². The Balaban J connectivity index is 1.96. The predicted octanol–water partition coefficient (Wildman–Crippen LogP) is 4.44. The summed E-state index contributed by atoms with van der Waals surface area (Å²) in [5, 5.41) is 3.93. The lowest BCUT2D eigenvalue weighted by atomic mass is 10.2. The van der Waals surface area contributed by atoms with Crippen LogP contribution in [0.4, 0.5) is 0 Å². The number of benzene rings is 2. The number of carbonyl (C=O) groups excluding carboxylic acids is 1. The third-order valence-corrected chi connectivity index (χ3v) is 3.65. The zero-order valence-corrected chi connectivity index (χ0v) is 14.7. The number of rotatable bonds is 4. The van der Waals surface area contributed by atoms with E-state index in [-0.39, 0.29) is 5.91 Å². The quantitative estimate of drug-likeness (QED) is 0.414. The van der Waals surface area contributed by atoms with Crippen molar-refractivity contribution in [3.63, 3.8) is 0 Å². The average molecular weight is 455 g/mol. The van der Waals surface area contributed by atoms with Crippen molar-refractivity contribution in [2.45, 2.75) is 0 Å². The molecule has 106 valence electrons. The lowest BCUT2D eigenvalue weighted by Gasteiger charge is -2.00. The molecule has 21 heavy (non-hydrogen) atoms. The van der Waals surface area contributed by atoms with Crippen molar-refractivity contribution in [1.82, 2.24) is 5.43 Å². The molecular formula is C16H12BrIN2O. The molecule has 2 rings (SSSR count). The molecule has 0 saturated carbocycles. The highest BCUT2D eigenvalue weighted by molar-refractivity contribution is 14.1. The van der Waals surface area contributed by atoms with Gasteiger partial charge in [-0.05, 0) is 68.4 Å². The molecule has 0 spiro atoms. The molecule has 1 N–H and O–H groups in total. The summed E-state index contributed by atoms with van der Waals surface area (Å²) in [6.45, 7) is 0. The number of carbonyl (C=O) groups is 1. The van der Waals surface area contributed by atoms with Gasteiger partial charge in [0.2, 0.25) is 0 Å². The van der Waals surface area contributed by atoms with E-state index in [4.69, 9.17) is 0 Å². The smallest absolute Gasteiger partial charge is 0.267 e. The predicted molar refractivity (Wildman–Crippen MR) is 98.5 cm³/mol. The minimum Gasteiger partial charge on any atom is -0.267 e. The van der Waals surface area contributed by atoms with Crippen LogP contribution >= 0.6 is 38.5 Å². The van der Waals surface area contributed by atoms with Crippen LogP contribution in [0.1, 0.15) is 15.9 Å². The number of allylic oxidation sites excluding steroid dienone is 1. The van der Waals surface area contributed by atoms with Crippen LogP contribution in [0.3, 0.4) is 0 Å². The molecule has 0 atom stereocenters. The second-order valence-corrected chi connectivity index (χ2v) is 6.31. The normalized spacial score (nSPS) is 11.6. The Kier molecular flexibility index (Phi) is 6.13. The number of hydrogen-bond donors (Lipinski definition) is 1. The zero-order valence-electron chi connectivity index (χ0n) is 11.0. The maximum atomic E-state index is 11.9. The monoisotopic (exact) mass is 454 g/mol. The Morgan fingerprint density at radius 1 is 1.14 bits per heavy atom. The van der Waals surface area contributed by atoms with Gasteiger partial charge in [0.15, 0.2) is 0 Å². The molecule has 0 aliphatic carbocycles. The van der Waals surface area contributed by atoms with E-state index < -0.39 is 0 Å². The van der Waals surface area contributed by atoms with Gasteiger partial charge in [-0.1, -0.05) is 36.4 Å². The Labute approximate surface area is 145 Å². The molecule has 0 fully saturated rings. The van der Waals surface area contributed by atoms with Crippen molar-refractivity contribution in [3.8, 4) is 0 Å². The summed E-state index contributed by atoms with van der Waals surface area (Å²) >= 11 is 5.56. The van der Waals surface area contributed by atoms with E-state index in [1.807, 2.05) is 48.5 Å². The second-order valence-electron chi connectivity index (χ2n) is 4.15. The molecular weight excluding hydrogens is 443 g/mol. The number of nitrogens with one attached hydrogen (secondary N) is 1. The topological polar surface area (TPSA) is 41.5 Å². The van der Waals surface area contributed by atoms with Gasteiger partial charge in [0.1, 0.15) is 0 Å². The Bertz CT molecular complexity index is 684. The maximum Gasteiger partial charge on any atom is 0.271 e. The summed E-state index contributed by atoms with van der Waals surface area (Å²) < 4.78 is 1.78. The maximum absolute atomic E-state index is 11.9. The van der Waals surface area contributed by atoms with Crippen molar-refractivity contribution < 1.29 is 4.79 Å². The van der Waals surface area contributed by atoms with E-state index in [0.717, 1.165) is 13.6 Å². The van der Waals surface area contributed by atoms with Crippen LogP contribution in [0.15, 0.2) is 64.2 Å². The van der Waals surface area contributed by atoms with Crippen LogP contribution in [0.2, 0.25) is 0 Å². The van der Waals surface area contributed by atoms with Gasteiger partial charge < -0.3 is 0 Å². The third-order valence-electron chi connectivity index (χ3n) is 2.54. The molecule has 0 aliphatic rings. The largest absolute Gasteiger partial charge is 0.271 e. The summed E-state index contributed by atoms with van der Waals surface area (Å²) in [6, 6.07) is 17.2. The molecule has 0 heterocycles. The molecule has 2 aromatic carbocycles. The Morgan fingerprint density at radius 2 is 1.90 bits per heavy atom. The van der Waals surface area contributed by atoms with Crippen LogP contribution in [0, 0.1) is 3.57 Å². The van der Waals surface area contributed by atoms with E-state index in [2.05, 4.69) is 49.0 Å². The summed E-state index contributed by atoms with van der Waals surface area (Å²) in [5.41, 5.74) is 4.14. The molecule has 0 radical (unpaired) electrons. The molecule has 0 aromatic heterocycles. The van der Waals surface area contributed by atoms with Gasteiger partial charge >= 0.3 is 0 Å². The van der Waals surface area contributed by atoms with E-state index in [1.54, 1.807) is 18.3 Å². The molecule has 3 nitrogen and oxygen atoms in total. The van der Waals surface area contributed by atoms with Gasteiger partial charge in [-0.3, -0.25) is 4.79 Å². The second kappa shape index (κ2) is 8.09. The fourth-order valence-corrected chi connectivity index (χ4v) is 2.50. The number of nitrogens with zero attached hydrogens (tertiary/aromatic N) is 1. The molecule has 0 bridgehead atoms. The van der Waals surface area contributed by atoms with E-state index in [1.165, 1.54) is 0 Å². The lowest BCUT2D eigenvalue weighted by molar-refractivity contribution is 0.0955. The van der Waals surface area contributed by atoms with Crippen LogP contribution in [0.25, 0.3) is 6.08 Å². The lowest BCUT2D eigenvalue weighted by Crippen LogP contribution is -2.17. The number of halogens is 2. The highest BCUT2D eigenvalue weighted by Crippen LogP contribution is 2.10. The number of hydrazone groups is 1. The molecule has 0 aliphatic heterocycles. The van der Waals surface area contributed by atoms with Crippen LogP contribution in [0.5, 0.6) is 0 Å².